The Labute approximate surface area is 148 Å². The summed E-state index contributed by atoms with van der Waals surface area (Å²) in [6.45, 7) is 2.78. The number of aromatic nitrogens is 2. The fraction of sp³-hybridized carbons (Fsp3) is 0.375. The largest absolute Gasteiger partial charge is 0.337 e. The summed E-state index contributed by atoms with van der Waals surface area (Å²) < 4.78 is 0. The van der Waals surface area contributed by atoms with Crippen LogP contribution in [-0.2, 0) is 22.6 Å². The minimum Gasteiger partial charge on any atom is -0.337 e. The predicted octanol–water partition coefficient (Wildman–Crippen LogP) is 2.74. The summed E-state index contributed by atoms with van der Waals surface area (Å²) in [5.41, 5.74) is 0.880. The van der Waals surface area contributed by atoms with Gasteiger partial charge in [-0.25, -0.2) is 0 Å². The summed E-state index contributed by atoms with van der Waals surface area (Å²) in [6, 6.07) is 7.41. The number of halogens is 1. The maximum atomic E-state index is 12.3. The Kier molecular flexibility index (Phi) is 5.11. The van der Waals surface area contributed by atoms with Crippen LogP contribution in [0.25, 0.3) is 0 Å². The van der Waals surface area contributed by atoms with Gasteiger partial charge in [0.25, 0.3) is 0 Å². The van der Waals surface area contributed by atoms with Gasteiger partial charge in [-0.2, -0.15) is 0 Å². The lowest BCUT2D eigenvalue weighted by molar-refractivity contribution is -0.128. The average molecular weight is 365 g/mol. The highest BCUT2D eigenvalue weighted by atomic mass is 35.5. The summed E-state index contributed by atoms with van der Waals surface area (Å²) in [5.74, 6) is -0.612. The second-order valence-electron chi connectivity index (χ2n) is 5.61. The zero-order chi connectivity index (χ0) is 17.1. The van der Waals surface area contributed by atoms with Crippen LogP contribution in [0.15, 0.2) is 24.3 Å². The van der Waals surface area contributed by atoms with Crippen molar-refractivity contribution in [3.8, 4) is 0 Å². The zero-order valence-corrected chi connectivity index (χ0v) is 14.7. The molecule has 2 amide bonds. The molecule has 126 valence electrons. The number of amides is 2. The molecule has 1 aromatic heterocycles. The van der Waals surface area contributed by atoms with Crippen LogP contribution in [0.3, 0.4) is 0 Å². The topological polar surface area (TPSA) is 75.2 Å². The predicted molar refractivity (Wildman–Crippen MR) is 92.9 cm³/mol. The molecule has 2 aromatic rings. The summed E-state index contributed by atoms with van der Waals surface area (Å²) in [4.78, 5) is 26.2. The molecule has 0 radical (unpaired) electrons. The standard InChI is InChI=1S/C16H17ClN4O2S/c1-2-13-19-20-16(24-13)18-15(23)11-7-14(22)21(9-11)8-10-5-3-4-6-12(10)17/h3-6,11H,2,7-9H2,1H3,(H,18,20,23)/t11-/m0/s1. The van der Waals surface area contributed by atoms with Gasteiger partial charge in [-0.3, -0.25) is 9.59 Å². The van der Waals surface area contributed by atoms with Crippen molar-refractivity contribution < 1.29 is 9.59 Å². The summed E-state index contributed by atoms with van der Waals surface area (Å²) >= 11 is 7.50. The van der Waals surface area contributed by atoms with E-state index in [4.69, 9.17) is 11.6 Å². The van der Waals surface area contributed by atoms with E-state index in [2.05, 4.69) is 15.5 Å². The van der Waals surface area contributed by atoms with Gasteiger partial charge in [-0.15, -0.1) is 10.2 Å². The average Bonchev–Trinajstić information content (AvgIpc) is 3.16. The minimum absolute atomic E-state index is 0.0402. The first-order chi connectivity index (χ1) is 11.6. The Balaban J connectivity index is 1.61. The van der Waals surface area contributed by atoms with E-state index in [1.165, 1.54) is 11.3 Å². The lowest BCUT2D eigenvalue weighted by atomic mass is 10.1. The number of carbonyl (C=O) groups is 2. The fourth-order valence-corrected chi connectivity index (χ4v) is 3.47. The van der Waals surface area contributed by atoms with E-state index in [0.29, 0.717) is 23.2 Å². The molecule has 24 heavy (non-hydrogen) atoms. The van der Waals surface area contributed by atoms with E-state index < -0.39 is 0 Å². The molecule has 1 saturated heterocycles. The highest BCUT2D eigenvalue weighted by Crippen LogP contribution is 2.25. The molecule has 1 N–H and O–H groups in total. The Morgan fingerprint density at radius 3 is 2.92 bits per heavy atom. The Morgan fingerprint density at radius 1 is 1.42 bits per heavy atom. The van der Waals surface area contributed by atoms with Gasteiger partial charge in [0.05, 0.1) is 5.92 Å². The van der Waals surface area contributed by atoms with E-state index in [9.17, 15) is 9.59 Å². The van der Waals surface area contributed by atoms with Crippen molar-refractivity contribution in [2.75, 3.05) is 11.9 Å². The van der Waals surface area contributed by atoms with Crippen LogP contribution < -0.4 is 5.32 Å². The first-order valence-electron chi connectivity index (χ1n) is 7.71. The quantitative estimate of drug-likeness (QED) is 0.885. The van der Waals surface area contributed by atoms with Crippen molar-refractivity contribution in [2.24, 2.45) is 5.92 Å². The monoisotopic (exact) mass is 364 g/mol. The maximum Gasteiger partial charge on any atom is 0.231 e. The molecule has 0 saturated carbocycles. The number of aryl methyl sites for hydroxylation is 1. The number of hydrogen-bond acceptors (Lipinski definition) is 5. The third-order valence-corrected chi connectivity index (χ3v) is 5.26. The highest BCUT2D eigenvalue weighted by molar-refractivity contribution is 7.15. The fourth-order valence-electron chi connectivity index (χ4n) is 2.59. The first kappa shape index (κ1) is 16.9. The summed E-state index contributed by atoms with van der Waals surface area (Å²) in [7, 11) is 0. The van der Waals surface area contributed by atoms with Gasteiger partial charge in [-0.1, -0.05) is 48.1 Å². The second kappa shape index (κ2) is 7.27. The van der Waals surface area contributed by atoms with Crippen molar-refractivity contribution in [1.82, 2.24) is 15.1 Å². The number of likely N-dealkylation sites (tertiary alicyclic amines) is 1. The SMILES string of the molecule is CCc1nnc(NC(=O)[C@H]2CC(=O)N(Cc3ccccc3Cl)C2)s1. The van der Waals surface area contributed by atoms with Gasteiger partial charge >= 0.3 is 0 Å². The van der Waals surface area contributed by atoms with E-state index in [-0.39, 0.29) is 24.2 Å². The number of nitrogens with zero attached hydrogens (tertiary/aromatic N) is 3. The van der Waals surface area contributed by atoms with Crippen molar-refractivity contribution in [3.05, 3.63) is 39.9 Å². The molecular weight excluding hydrogens is 348 g/mol. The van der Waals surface area contributed by atoms with E-state index in [1.807, 2.05) is 25.1 Å². The number of anilines is 1. The van der Waals surface area contributed by atoms with Crippen LogP contribution in [-0.4, -0.2) is 33.5 Å². The highest BCUT2D eigenvalue weighted by Gasteiger charge is 2.34. The molecule has 0 spiro atoms. The van der Waals surface area contributed by atoms with E-state index >= 15 is 0 Å². The molecule has 6 nitrogen and oxygen atoms in total. The van der Waals surface area contributed by atoms with Crippen LogP contribution in [0.1, 0.15) is 23.9 Å². The van der Waals surface area contributed by atoms with Crippen molar-refractivity contribution in [3.63, 3.8) is 0 Å². The number of rotatable bonds is 5. The second-order valence-corrected chi connectivity index (χ2v) is 7.08. The minimum atomic E-state index is -0.381. The number of nitrogens with one attached hydrogen (secondary N) is 1. The van der Waals surface area contributed by atoms with Crippen LogP contribution in [0.2, 0.25) is 5.02 Å². The normalized spacial score (nSPS) is 17.3. The third kappa shape index (κ3) is 3.73. The summed E-state index contributed by atoms with van der Waals surface area (Å²) in [6.07, 6.45) is 0.983. The zero-order valence-electron chi connectivity index (χ0n) is 13.2. The van der Waals surface area contributed by atoms with Gasteiger partial charge in [0, 0.05) is 24.5 Å². The van der Waals surface area contributed by atoms with Gasteiger partial charge in [0.15, 0.2) is 0 Å². The number of hydrogen-bond donors (Lipinski definition) is 1. The lowest BCUT2D eigenvalue weighted by Crippen LogP contribution is -2.28. The Bertz CT molecular complexity index is 764. The molecule has 1 fully saturated rings. The van der Waals surface area contributed by atoms with Crippen molar-refractivity contribution in [2.45, 2.75) is 26.3 Å². The smallest absolute Gasteiger partial charge is 0.231 e. The van der Waals surface area contributed by atoms with E-state index in [0.717, 1.165) is 17.0 Å². The molecule has 1 aliphatic heterocycles. The molecule has 1 aliphatic rings. The summed E-state index contributed by atoms with van der Waals surface area (Å²) in [5, 5.41) is 12.6. The molecule has 0 aliphatic carbocycles. The number of carbonyl (C=O) groups excluding carboxylic acids is 2. The molecule has 0 unspecified atom stereocenters. The molecule has 1 aromatic carbocycles. The van der Waals surface area contributed by atoms with Crippen molar-refractivity contribution >= 4 is 39.9 Å². The number of benzene rings is 1. The maximum absolute atomic E-state index is 12.3. The molecule has 0 bridgehead atoms. The van der Waals surface area contributed by atoms with Crippen LogP contribution in [0.5, 0.6) is 0 Å². The molecule has 3 rings (SSSR count). The Morgan fingerprint density at radius 2 is 2.21 bits per heavy atom. The van der Waals surface area contributed by atoms with Gasteiger partial charge < -0.3 is 10.2 Å². The van der Waals surface area contributed by atoms with Crippen LogP contribution in [0, 0.1) is 5.92 Å². The molecule has 8 heteroatoms. The van der Waals surface area contributed by atoms with Crippen LogP contribution in [0.4, 0.5) is 5.13 Å². The Hall–Kier alpha value is -1.99. The molecule has 2 heterocycles. The van der Waals surface area contributed by atoms with Crippen LogP contribution >= 0.6 is 22.9 Å². The molecular formula is C16H17ClN4O2S. The van der Waals surface area contributed by atoms with Gasteiger partial charge in [-0.05, 0) is 18.1 Å². The van der Waals surface area contributed by atoms with Gasteiger partial charge in [0.2, 0.25) is 16.9 Å². The first-order valence-corrected chi connectivity index (χ1v) is 8.90. The van der Waals surface area contributed by atoms with Crippen molar-refractivity contribution in [1.29, 1.82) is 0 Å². The van der Waals surface area contributed by atoms with E-state index in [1.54, 1.807) is 11.0 Å². The van der Waals surface area contributed by atoms with Gasteiger partial charge in [0.1, 0.15) is 5.01 Å². The third-order valence-electron chi connectivity index (χ3n) is 3.90. The molecule has 1 atom stereocenters. The lowest BCUT2D eigenvalue weighted by Gasteiger charge is -2.17.